The van der Waals surface area contributed by atoms with E-state index in [1.807, 2.05) is 43.3 Å². The summed E-state index contributed by atoms with van der Waals surface area (Å²) >= 11 is 0. The van der Waals surface area contributed by atoms with E-state index in [4.69, 9.17) is 5.26 Å². The van der Waals surface area contributed by atoms with E-state index in [0.717, 1.165) is 11.1 Å². The average Bonchev–Trinajstić information content (AvgIpc) is 2.41. The van der Waals surface area contributed by atoms with Crippen molar-refractivity contribution in [1.29, 1.82) is 5.26 Å². The van der Waals surface area contributed by atoms with Gasteiger partial charge in [-0.1, -0.05) is 24.3 Å². The molecule has 0 aliphatic carbocycles. The molecule has 2 rings (SSSR count). The zero-order valence-electron chi connectivity index (χ0n) is 10.1. The van der Waals surface area contributed by atoms with Gasteiger partial charge in [-0.2, -0.15) is 5.26 Å². The Hall–Kier alpha value is -2.47. The molecule has 0 atom stereocenters. The lowest BCUT2D eigenvalue weighted by Crippen LogP contribution is -2.00. The number of phenols is 1. The lowest BCUT2D eigenvalue weighted by molar-refractivity contribution is 0.473. The quantitative estimate of drug-likeness (QED) is 0.807. The Morgan fingerprint density at radius 3 is 2.78 bits per heavy atom. The summed E-state index contributed by atoms with van der Waals surface area (Å²) in [6.45, 7) is 2.43. The number of nitriles is 1. The Balaban J connectivity index is 2.12. The van der Waals surface area contributed by atoms with Crippen LogP contribution in [0, 0.1) is 18.3 Å². The Bertz CT molecular complexity index is 600. The van der Waals surface area contributed by atoms with Gasteiger partial charge in [0.1, 0.15) is 5.75 Å². The van der Waals surface area contributed by atoms with Crippen LogP contribution in [0.5, 0.6) is 5.75 Å². The summed E-state index contributed by atoms with van der Waals surface area (Å²) < 4.78 is 0. The summed E-state index contributed by atoms with van der Waals surface area (Å²) in [5.41, 5.74) is 3.20. The standard InChI is InChI=1S/C15H14N2O/c1-11-4-2-7-14(15(11)18)17-10-13-6-3-5-12(8-13)9-16/h2-8,17-18H,10H2,1H3. The molecule has 0 unspecified atom stereocenters. The maximum atomic E-state index is 9.86. The van der Waals surface area contributed by atoms with E-state index < -0.39 is 0 Å². The number of phenolic OH excluding ortho intramolecular Hbond substituents is 1. The molecule has 0 aliphatic heterocycles. The van der Waals surface area contributed by atoms with Crippen molar-refractivity contribution in [2.75, 3.05) is 5.32 Å². The van der Waals surface area contributed by atoms with Crippen LogP contribution in [0.15, 0.2) is 42.5 Å². The molecule has 0 aliphatic rings. The minimum atomic E-state index is 0.272. The smallest absolute Gasteiger partial charge is 0.141 e. The number of nitrogens with zero attached hydrogens (tertiary/aromatic N) is 1. The van der Waals surface area contributed by atoms with Crippen LogP contribution in [0.3, 0.4) is 0 Å². The fourth-order valence-electron chi connectivity index (χ4n) is 1.75. The molecule has 3 heteroatoms. The van der Waals surface area contributed by atoms with E-state index in [1.54, 1.807) is 6.07 Å². The second-order valence-electron chi connectivity index (χ2n) is 4.14. The zero-order chi connectivity index (χ0) is 13.0. The third-order valence-electron chi connectivity index (χ3n) is 2.78. The second-order valence-corrected chi connectivity index (χ2v) is 4.14. The highest BCUT2D eigenvalue weighted by Crippen LogP contribution is 2.26. The number of nitrogens with one attached hydrogen (secondary N) is 1. The average molecular weight is 238 g/mol. The van der Waals surface area contributed by atoms with E-state index >= 15 is 0 Å². The molecule has 0 amide bonds. The first kappa shape index (κ1) is 12.0. The predicted molar refractivity (Wildman–Crippen MR) is 71.3 cm³/mol. The van der Waals surface area contributed by atoms with Gasteiger partial charge in [-0.05, 0) is 36.2 Å². The molecule has 0 spiro atoms. The molecule has 2 N–H and O–H groups in total. The Morgan fingerprint density at radius 1 is 1.22 bits per heavy atom. The monoisotopic (exact) mass is 238 g/mol. The molecule has 0 heterocycles. The fourth-order valence-corrected chi connectivity index (χ4v) is 1.75. The minimum absolute atomic E-state index is 0.272. The summed E-state index contributed by atoms with van der Waals surface area (Å²) in [4.78, 5) is 0. The first-order chi connectivity index (χ1) is 8.70. The molecule has 0 radical (unpaired) electrons. The van der Waals surface area contributed by atoms with E-state index in [2.05, 4.69) is 11.4 Å². The molecule has 0 saturated heterocycles. The molecule has 0 bridgehead atoms. The molecular formula is C15H14N2O. The predicted octanol–water partition coefficient (Wildman–Crippen LogP) is 3.18. The van der Waals surface area contributed by atoms with Gasteiger partial charge in [0.15, 0.2) is 0 Å². The highest BCUT2D eigenvalue weighted by molar-refractivity contribution is 5.59. The van der Waals surface area contributed by atoms with Crippen molar-refractivity contribution in [2.45, 2.75) is 13.5 Å². The highest BCUT2D eigenvalue weighted by atomic mass is 16.3. The van der Waals surface area contributed by atoms with Gasteiger partial charge < -0.3 is 10.4 Å². The summed E-state index contributed by atoms with van der Waals surface area (Å²) in [5, 5.41) is 21.8. The molecule has 3 nitrogen and oxygen atoms in total. The Morgan fingerprint density at radius 2 is 2.00 bits per heavy atom. The molecule has 0 fully saturated rings. The fraction of sp³-hybridized carbons (Fsp3) is 0.133. The van der Waals surface area contributed by atoms with Crippen molar-refractivity contribution in [2.24, 2.45) is 0 Å². The second kappa shape index (κ2) is 5.24. The Kier molecular flexibility index (Phi) is 3.49. The van der Waals surface area contributed by atoms with Crippen molar-refractivity contribution in [3.8, 4) is 11.8 Å². The van der Waals surface area contributed by atoms with Gasteiger partial charge in [-0.3, -0.25) is 0 Å². The van der Waals surface area contributed by atoms with Crippen LogP contribution in [0.1, 0.15) is 16.7 Å². The van der Waals surface area contributed by atoms with Crippen molar-refractivity contribution in [3.05, 3.63) is 59.2 Å². The van der Waals surface area contributed by atoms with Crippen molar-refractivity contribution >= 4 is 5.69 Å². The molecule has 0 aromatic heterocycles. The summed E-state index contributed by atoms with van der Waals surface area (Å²) in [5.74, 6) is 0.272. The normalized spacial score (nSPS) is 9.78. The van der Waals surface area contributed by atoms with Crippen molar-refractivity contribution < 1.29 is 5.11 Å². The van der Waals surface area contributed by atoms with Gasteiger partial charge in [0.25, 0.3) is 0 Å². The van der Waals surface area contributed by atoms with Crippen molar-refractivity contribution in [3.63, 3.8) is 0 Å². The lowest BCUT2D eigenvalue weighted by atomic mass is 10.1. The van der Waals surface area contributed by atoms with Crippen LogP contribution >= 0.6 is 0 Å². The molecule has 90 valence electrons. The Labute approximate surface area is 106 Å². The minimum Gasteiger partial charge on any atom is -0.506 e. The largest absolute Gasteiger partial charge is 0.506 e. The van der Waals surface area contributed by atoms with Crippen LogP contribution in [-0.2, 0) is 6.54 Å². The molecule has 2 aromatic rings. The van der Waals surface area contributed by atoms with Crippen LogP contribution in [0.25, 0.3) is 0 Å². The van der Waals surface area contributed by atoms with Crippen molar-refractivity contribution in [1.82, 2.24) is 0 Å². The van der Waals surface area contributed by atoms with E-state index in [9.17, 15) is 5.11 Å². The van der Waals surface area contributed by atoms with E-state index in [1.165, 1.54) is 0 Å². The summed E-state index contributed by atoms with van der Waals surface area (Å²) in [6.07, 6.45) is 0. The van der Waals surface area contributed by atoms with Crippen LogP contribution < -0.4 is 5.32 Å². The van der Waals surface area contributed by atoms with Gasteiger partial charge in [-0.15, -0.1) is 0 Å². The van der Waals surface area contributed by atoms with Crippen LogP contribution in [0.4, 0.5) is 5.69 Å². The first-order valence-electron chi connectivity index (χ1n) is 5.72. The summed E-state index contributed by atoms with van der Waals surface area (Å²) in [6, 6.07) is 15.1. The van der Waals surface area contributed by atoms with Gasteiger partial charge >= 0.3 is 0 Å². The van der Waals surface area contributed by atoms with Gasteiger partial charge in [0.05, 0.1) is 17.3 Å². The number of anilines is 1. The lowest BCUT2D eigenvalue weighted by Gasteiger charge is -2.10. The maximum Gasteiger partial charge on any atom is 0.141 e. The third-order valence-corrected chi connectivity index (χ3v) is 2.78. The summed E-state index contributed by atoms with van der Waals surface area (Å²) in [7, 11) is 0. The number of para-hydroxylation sites is 1. The maximum absolute atomic E-state index is 9.86. The number of aromatic hydroxyl groups is 1. The van der Waals surface area contributed by atoms with Gasteiger partial charge in [0.2, 0.25) is 0 Å². The third kappa shape index (κ3) is 2.61. The molecule has 0 saturated carbocycles. The van der Waals surface area contributed by atoms with E-state index in [-0.39, 0.29) is 5.75 Å². The number of aryl methyl sites for hydroxylation is 1. The molecule has 18 heavy (non-hydrogen) atoms. The van der Waals surface area contributed by atoms with E-state index in [0.29, 0.717) is 17.8 Å². The van der Waals surface area contributed by atoms with Crippen LogP contribution in [0.2, 0.25) is 0 Å². The number of rotatable bonds is 3. The van der Waals surface area contributed by atoms with Crippen LogP contribution in [-0.4, -0.2) is 5.11 Å². The number of hydrogen-bond donors (Lipinski definition) is 2. The SMILES string of the molecule is Cc1cccc(NCc2cccc(C#N)c2)c1O. The first-order valence-corrected chi connectivity index (χ1v) is 5.72. The zero-order valence-corrected chi connectivity index (χ0v) is 10.1. The van der Waals surface area contributed by atoms with Gasteiger partial charge in [0, 0.05) is 6.54 Å². The molecular weight excluding hydrogens is 224 g/mol. The molecule has 2 aromatic carbocycles. The topological polar surface area (TPSA) is 56.0 Å². The number of hydrogen-bond acceptors (Lipinski definition) is 3. The number of benzene rings is 2. The highest BCUT2D eigenvalue weighted by Gasteiger charge is 2.03. The van der Waals surface area contributed by atoms with Gasteiger partial charge in [-0.25, -0.2) is 0 Å².